The molecule has 1 aromatic carbocycles. The third-order valence-corrected chi connectivity index (χ3v) is 3.66. The molecule has 0 aliphatic carbocycles. The van der Waals surface area contributed by atoms with Gasteiger partial charge in [0.25, 0.3) is 6.47 Å². The van der Waals surface area contributed by atoms with E-state index in [2.05, 4.69) is 6.92 Å². The van der Waals surface area contributed by atoms with Gasteiger partial charge in [0.1, 0.15) is 6.10 Å². The molecule has 23 heavy (non-hydrogen) atoms. The lowest BCUT2D eigenvalue weighted by Gasteiger charge is -2.12. The zero-order valence-corrected chi connectivity index (χ0v) is 13.7. The highest BCUT2D eigenvalue weighted by Gasteiger charge is 2.11. The first-order valence-corrected chi connectivity index (χ1v) is 8.18. The molecule has 0 spiro atoms. The molecule has 0 heterocycles. The monoisotopic (exact) mass is 318 g/mol. The highest BCUT2D eigenvalue weighted by molar-refractivity contribution is 5.90. The number of unbranched alkanes of at least 4 members (excludes halogenated alkanes) is 2. The molecular weight excluding hydrogens is 292 g/mol. The molecule has 0 fully saturated rings. The molecule has 4 nitrogen and oxygen atoms in total. The average molecular weight is 318 g/mol. The summed E-state index contributed by atoms with van der Waals surface area (Å²) >= 11 is 0. The summed E-state index contributed by atoms with van der Waals surface area (Å²) in [5.74, 6) is -0.139. The topological polar surface area (TPSA) is 63.6 Å². The normalized spacial score (nSPS) is 13.7. The number of benzene rings is 1. The van der Waals surface area contributed by atoms with Crippen molar-refractivity contribution < 1.29 is 19.4 Å². The van der Waals surface area contributed by atoms with Crippen LogP contribution in [0.3, 0.4) is 0 Å². The standard InChI is InChI=1S/C19H26O4/c1-2-3-5-12-18(23-15-20)13-8-11-17(21)14-19(22)16-9-6-4-7-10-16/h4,6-11,15,18-19,22H,2-3,5,12-14H2,1H3/b11-8+/t18-,19-/m1/s1. The van der Waals surface area contributed by atoms with E-state index in [0.29, 0.717) is 12.9 Å². The van der Waals surface area contributed by atoms with E-state index in [-0.39, 0.29) is 18.3 Å². The van der Waals surface area contributed by atoms with E-state index in [1.807, 2.05) is 18.2 Å². The minimum atomic E-state index is -0.792. The maximum absolute atomic E-state index is 11.9. The van der Waals surface area contributed by atoms with Crippen LogP contribution in [0.25, 0.3) is 0 Å². The Labute approximate surface area is 138 Å². The number of ether oxygens (including phenoxy) is 1. The first-order valence-electron chi connectivity index (χ1n) is 8.18. The lowest BCUT2D eigenvalue weighted by atomic mass is 10.0. The fourth-order valence-electron chi connectivity index (χ4n) is 2.34. The van der Waals surface area contributed by atoms with Crippen LogP contribution in [0.15, 0.2) is 42.5 Å². The Morgan fingerprint density at radius 1 is 1.26 bits per heavy atom. The minimum Gasteiger partial charge on any atom is -0.464 e. The van der Waals surface area contributed by atoms with Crippen molar-refractivity contribution >= 4 is 12.3 Å². The molecule has 4 heteroatoms. The van der Waals surface area contributed by atoms with Crippen LogP contribution in [0.5, 0.6) is 0 Å². The molecule has 0 bridgehead atoms. The van der Waals surface area contributed by atoms with E-state index >= 15 is 0 Å². The summed E-state index contributed by atoms with van der Waals surface area (Å²) in [7, 11) is 0. The summed E-state index contributed by atoms with van der Waals surface area (Å²) in [6.45, 7) is 2.58. The molecule has 0 saturated carbocycles. The van der Waals surface area contributed by atoms with Gasteiger partial charge in [-0.25, -0.2) is 0 Å². The van der Waals surface area contributed by atoms with Crippen LogP contribution in [0.1, 0.15) is 57.1 Å². The van der Waals surface area contributed by atoms with Crippen molar-refractivity contribution in [2.24, 2.45) is 0 Å². The largest absolute Gasteiger partial charge is 0.464 e. The van der Waals surface area contributed by atoms with Crippen molar-refractivity contribution in [2.45, 2.75) is 57.7 Å². The van der Waals surface area contributed by atoms with Crippen molar-refractivity contribution in [1.82, 2.24) is 0 Å². The first-order chi connectivity index (χ1) is 11.2. The molecule has 0 aliphatic heterocycles. The molecule has 1 rings (SSSR count). The zero-order valence-electron chi connectivity index (χ0n) is 13.7. The fourth-order valence-corrected chi connectivity index (χ4v) is 2.34. The van der Waals surface area contributed by atoms with E-state index in [9.17, 15) is 14.7 Å². The molecule has 126 valence electrons. The highest BCUT2D eigenvalue weighted by atomic mass is 16.5. The van der Waals surface area contributed by atoms with Gasteiger partial charge in [0.2, 0.25) is 0 Å². The van der Waals surface area contributed by atoms with Gasteiger partial charge < -0.3 is 9.84 Å². The predicted octanol–water partition coefficient (Wildman–Crippen LogP) is 3.75. The molecule has 2 atom stereocenters. The zero-order chi connectivity index (χ0) is 16.9. The molecule has 0 amide bonds. The number of rotatable bonds is 12. The first kappa shape index (κ1) is 19.1. The van der Waals surface area contributed by atoms with E-state index < -0.39 is 6.10 Å². The number of carbonyl (C=O) groups is 2. The molecule has 1 N–H and O–H groups in total. The van der Waals surface area contributed by atoms with Gasteiger partial charge in [-0.1, -0.05) is 56.2 Å². The number of hydrogen-bond acceptors (Lipinski definition) is 4. The number of ketones is 1. The number of aliphatic hydroxyl groups excluding tert-OH is 1. The third-order valence-electron chi connectivity index (χ3n) is 3.66. The van der Waals surface area contributed by atoms with Crippen LogP contribution in [-0.4, -0.2) is 23.5 Å². The smallest absolute Gasteiger partial charge is 0.293 e. The average Bonchev–Trinajstić information content (AvgIpc) is 2.56. The van der Waals surface area contributed by atoms with Crippen molar-refractivity contribution in [3.63, 3.8) is 0 Å². The quantitative estimate of drug-likeness (QED) is 0.362. The van der Waals surface area contributed by atoms with Crippen LogP contribution < -0.4 is 0 Å². The maximum Gasteiger partial charge on any atom is 0.293 e. The van der Waals surface area contributed by atoms with Gasteiger partial charge in [0.05, 0.1) is 6.10 Å². The third kappa shape index (κ3) is 8.31. The van der Waals surface area contributed by atoms with Gasteiger partial charge in [-0.05, 0) is 24.5 Å². The predicted molar refractivity (Wildman–Crippen MR) is 89.9 cm³/mol. The molecule has 0 saturated heterocycles. The lowest BCUT2D eigenvalue weighted by molar-refractivity contribution is -0.133. The summed E-state index contributed by atoms with van der Waals surface area (Å²) in [6.07, 6.45) is 6.81. The second kappa shape index (κ2) is 11.6. The Morgan fingerprint density at radius 2 is 2.00 bits per heavy atom. The molecule has 0 aliphatic rings. The minimum absolute atomic E-state index is 0.0511. The molecule has 0 unspecified atom stereocenters. The molecule has 0 radical (unpaired) electrons. The number of carbonyl (C=O) groups excluding carboxylic acids is 2. The van der Waals surface area contributed by atoms with Crippen LogP contribution >= 0.6 is 0 Å². The molecule has 0 aromatic heterocycles. The van der Waals surface area contributed by atoms with Crippen LogP contribution in [0.4, 0.5) is 0 Å². The van der Waals surface area contributed by atoms with Crippen LogP contribution in [0, 0.1) is 0 Å². The van der Waals surface area contributed by atoms with E-state index in [1.54, 1.807) is 18.2 Å². The van der Waals surface area contributed by atoms with E-state index in [4.69, 9.17) is 4.74 Å². The van der Waals surface area contributed by atoms with Gasteiger partial charge in [0.15, 0.2) is 5.78 Å². The van der Waals surface area contributed by atoms with Gasteiger partial charge in [-0.3, -0.25) is 9.59 Å². The Morgan fingerprint density at radius 3 is 2.65 bits per heavy atom. The van der Waals surface area contributed by atoms with Crippen molar-refractivity contribution in [3.05, 3.63) is 48.0 Å². The Kier molecular flexibility index (Phi) is 9.64. The van der Waals surface area contributed by atoms with Crippen LogP contribution in [-0.2, 0) is 14.3 Å². The summed E-state index contributed by atoms with van der Waals surface area (Å²) in [5.41, 5.74) is 0.732. The van der Waals surface area contributed by atoms with Gasteiger partial charge in [-0.15, -0.1) is 0 Å². The van der Waals surface area contributed by atoms with Crippen LogP contribution in [0.2, 0.25) is 0 Å². The Balaban J connectivity index is 2.39. The lowest BCUT2D eigenvalue weighted by Crippen LogP contribution is -2.11. The summed E-state index contributed by atoms with van der Waals surface area (Å²) in [4.78, 5) is 22.4. The van der Waals surface area contributed by atoms with Gasteiger partial charge >= 0.3 is 0 Å². The van der Waals surface area contributed by atoms with Crippen molar-refractivity contribution in [3.8, 4) is 0 Å². The van der Waals surface area contributed by atoms with Crippen molar-refractivity contribution in [1.29, 1.82) is 0 Å². The van der Waals surface area contributed by atoms with Gasteiger partial charge in [-0.2, -0.15) is 0 Å². The SMILES string of the molecule is CCCCC[C@H](C/C=C/C(=O)C[C@@H](O)c1ccccc1)OC=O. The highest BCUT2D eigenvalue weighted by Crippen LogP contribution is 2.16. The van der Waals surface area contributed by atoms with E-state index in [1.165, 1.54) is 6.08 Å². The molecule has 1 aromatic rings. The summed E-state index contributed by atoms with van der Waals surface area (Å²) in [6, 6.07) is 9.11. The maximum atomic E-state index is 11.9. The van der Waals surface area contributed by atoms with Gasteiger partial charge in [0, 0.05) is 12.8 Å². The second-order valence-electron chi connectivity index (χ2n) is 5.59. The number of aliphatic hydroxyl groups is 1. The Hall–Kier alpha value is -1.94. The Bertz CT molecular complexity index is 481. The van der Waals surface area contributed by atoms with E-state index in [0.717, 1.165) is 31.2 Å². The second-order valence-corrected chi connectivity index (χ2v) is 5.59. The molecular formula is C19H26O4. The fraction of sp³-hybridized carbons (Fsp3) is 0.474. The van der Waals surface area contributed by atoms with Crippen molar-refractivity contribution in [2.75, 3.05) is 0 Å². The number of hydrogen-bond donors (Lipinski definition) is 1. The summed E-state index contributed by atoms with van der Waals surface area (Å²) in [5, 5.41) is 10.0. The number of allylic oxidation sites excluding steroid dienone is 1. The summed E-state index contributed by atoms with van der Waals surface area (Å²) < 4.78 is 5.03.